The first-order chi connectivity index (χ1) is 12.2. The third-order valence-electron chi connectivity index (χ3n) is 6.43. The molecule has 0 fully saturated rings. The third-order valence-corrected chi connectivity index (χ3v) is 6.43. The van der Waals surface area contributed by atoms with Gasteiger partial charge in [0.15, 0.2) is 17.4 Å². The van der Waals surface area contributed by atoms with Gasteiger partial charge in [-0.05, 0) is 47.1 Å². The van der Waals surface area contributed by atoms with Gasteiger partial charge < -0.3 is 0 Å². The molecule has 0 radical (unpaired) electrons. The van der Waals surface area contributed by atoms with Crippen molar-refractivity contribution in [1.82, 2.24) is 0 Å². The second-order valence-electron chi connectivity index (χ2n) is 7.98. The van der Waals surface area contributed by atoms with Gasteiger partial charge in [0.25, 0.3) is 0 Å². The molecule has 1 aromatic carbocycles. The fourth-order valence-corrected chi connectivity index (χ4v) is 4.95. The Morgan fingerprint density at radius 2 is 1.96 bits per heavy atom. The summed E-state index contributed by atoms with van der Waals surface area (Å²) in [4.78, 5) is 0. The number of aromatic nitrogens is 1. The number of pyridine rings is 1. The summed E-state index contributed by atoms with van der Waals surface area (Å²) in [6.45, 7) is 9.18. The second kappa shape index (κ2) is 6.44. The normalized spacial score (nSPS) is 21.4. The standard InChI is InChI=1S/C24H30N/c1-4-6-9-19-14-20-11-12-22-10-7-8-13-25(22)24(5-2)16-18(3)23(20)15-21(19)17-24/h7-8,10,13-15H,3-6,9,11-12,16-17H2,1-2H3/q+1. The number of benzene rings is 1. The van der Waals surface area contributed by atoms with Crippen LogP contribution in [0, 0.1) is 0 Å². The smallest absolute Gasteiger partial charge is 0.182 e. The highest BCUT2D eigenvalue weighted by molar-refractivity contribution is 5.70. The van der Waals surface area contributed by atoms with Crippen molar-refractivity contribution in [3.8, 4) is 0 Å². The van der Waals surface area contributed by atoms with E-state index < -0.39 is 0 Å². The van der Waals surface area contributed by atoms with Crippen molar-refractivity contribution in [3.63, 3.8) is 0 Å². The Morgan fingerprint density at radius 1 is 1.08 bits per heavy atom. The Labute approximate surface area is 152 Å². The number of hydrogen-bond donors (Lipinski definition) is 0. The Morgan fingerprint density at radius 3 is 2.76 bits per heavy atom. The Balaban J connectivity index is 1.94. The van der Waals surface area contributed by atoms with E-state index in [1.165, 1.54) is 41.7 Å². The largest absolute Gasteiger partial charge is 0.196 e. The highest BCUT2D eigenvalue weighted by atomic mass is 15.1. The highest BCUT2D eigenvalue weighted by Gasteiger charge is 2.43. The lowest BCUT2D eigenvalue weighted by atomic mass is 9.82. The van der Waals surface area contributed by atoms with E-state index >= 15 is 0 Å². The minimum atomic E-state index is 0.131. The van der Waals surface area contributed by atoms with Crippen molar-refractivity contribution in [2.75, 3.05) is 0 Å². The molecule has 0 amide bonds. The molecule has 2 aromatic rings. The molecule has 1 aliphatic heterocycles. The summed E-state index contributed by atoms with van der Waals surface area (Å²) in [7, 11) is 0. The summed E-state index contributed by atoms with van der Waals surface area (Å²) < 4.78 is 2.60. The number of hydrogen-bond acceptors (Lipinski definition) is 0. The van der Waals surface area contributed by atoms with Gasteiger partial charge >= 0.3 is 0 Å². The van der Waals surface area contributed by atoms with Crippen molar-refractivity contribution < 1.29 is 4.57 Å². The SMILES string of the molecule is C=C1CC2(CC)Cc3cc1c(cc3CCCC)CCc1cccc[n+]12. The fourth-order valence-electron chi connectivity index (χ4n) is 4.95. The quantitative estimate of drug-likeness (QED) is 0.679. The Bertz CT molecular complexity index is 817. The molecule has 130 valence electrons. The number of unbranched alkanes of at least 4 members (excludes halogenated alkanes) is 1. The van der Waals surface area contributed by atoms with Crippen molar-refractivity contribution in [3.05, 3.63) is 71.1 Å². The first-order valence-corrected chi connectivity index (χ1v) is 9.99. The van der Waals surface area contributed by atoms with E-state index in [1.807, 2.05) is 0 Å². The topological polar surface area (TPSA) is 3.88 Å². The minimum absolute atomic E-state index is 0.131. The maximum absolute atomic E-state index is 4.53. The minimum Gasteiger partial charge on any atom is -0.196 e. The van der Waals surface area contributed by atoms with Gasteiger partial charge in [-0.2, -0.15) is 4.57 Å². The van der Waals surface area contributed by atoms with Gasteiger partial charge in [-0.15, -0.1) is 0 Å². The molecule has 1 aromatic heterocycles. The number of fused-ring (bicyclic) bond motifs is 5. The van der Waals surface area contributed by atoms with Crippen LogP contribution in [0.15, 0.2) is 43.1 Å². The summed E-state index contributed by atoms with van der Waals surface area (Å²) in [5.74, 6) is 0. The number of allylic oxidation sites excluding steroid dienone is 1. The van der Waals surface area contributed by atoms with Crippen LogP contribution >= 0.6 is 0 Å². The molecule has 0 saturated heterocycles. The van der Waals surface area contributed by atoms with Gasteiger partial charge in [-0.25, -0.2) is 0 Å². The molecule has 25 heavy (non-hydrogen) atoms. The molecule has 0 N–H and O–H groups in total. The molecule has 0 saturated carbocycles. The monoisotopic (exact) mass is 332 g/mol. The van der Waals surface area contributed by atoms with Gasteiger partial charge in [0, 0.05) is 37.8 Å². The van der Waals surface area contributed by atoms with E-state index in [0.29, 0.717) is 0 Å². The van der Waals surface area contributed by atoms with E-state index in [1.54, 1.807) is 11.1 Å². The molecule has 2 heterocycles. The van der Waals surface area contributed by atoms with Crippen LogP contribution < -0.4 is 4.57 Å². The summed E-state index contributed by atoms with van der Waals surface area (Å²) in [6, 6.07) is 11.7. The summed E-state index contributed by atoms with van der Waals surface area (Å²) in [6.07, 6.45) is 11.7. The molecule has 2 aliphatic rings. The Kier molecular flexibility index (Phi) is 4.27. The van der Waals surface area contributed by atoms with Gasteiger partial charge in [0.1, 0.15) is 0 Å². The lowest BCUT2D eigenvalue weighted by molar-refractivity contribution is -0.770. The second-order valence-corrected chi connectivity index (χ2v) is 7.98. The maximum Gasteiger partial charge on any atom is 0.182 e. The molecule has 1 aliphatic carbocycles. The predicted octanol–water partition coefficient (Wildman–Crippen LogP) is 5.18. The van der Waals surface area contributed by atoms with E-state index in [9.17, 15) is 0 Å². The summed E-state index contributed by atoms with van der Waals surface area (Å²) in [5.41, 5.74) is 9.06. The molecule has 1 unspecified atom stereocenters. The van der Waals surface area contributed by atoms with Crippen LogP contribution in [0.25, 0.3) is 5.57 Å². The van der Waals surface area contributed by atoms with Gasteiger partial charge in [-0.3, -0.25) is 0 Å². The zero-order valence-corrected chi connectivity index (χ0v) is 15.8. The van der Waals surface area contributed by atoms with Crippen LogP contribution in [0.1, 0.15) is 67.5 Å². The van der Waals surface area contributed by atoms with Gasteiger partial charge in [0.2, 0.25) is 0 Å². The van der Waals surface area contributed by atoms with E-state index in [0.717, 1.165) is 32.1 Å². The van der Waals surface area contributed by atoms with Crippen LogP contribution in [-0.4, -0.2) is 0 Å². The molecule has 3 bridgehead atoms. The first kappa shape index (κ1) is 16.6. The number of aryl methyl sites for hydroxylation is 3. The summed E-state index contributed by atoms with van der Waals surface area (Å²) in [5, 5.41) is 0. The third kappa shape index (κ3) is 2.74. The van der Waals surface area contributed by atoms with Crippen LogP contribution in [0.3, 0.4) is 0 Å². The molecule has 1 nitrogen and oxygen atoms in total. The van der Waals surface area contributed by atoms with E-state index in [2.05, 4.69) is 61.5 Å². The van der Waals surface area contributed by atoms with Crippen LogP contribution in [0.2, 0.25) is 0 Å². The zero-order chi connectivity index (χ0) is 17.4. The fraction of sp³-hybridized carbons (Fsp3) is 0.458. The zero-order valence-electron chi connectivity index (χ0n) is 15.8. The molecule has 1 atom stereocenters. The van der Waals surface area contributed by atoms with Crippen molar-refractivity contribution >= 4 is 5.57 Å². The van der Waals surface area contributed by atoms with Crippen molar-refractivity contribution in [2.24, 2.45) is 0 Å². The van der Waals surface area contributed by atoms with Crippen molar-refractivity contribution in [2.45, 2.75) is 70.8 Å². The summed E-state index contributed by atoms with van der Waals surface area (Å²) >= 11 is 0. The van der Waals surface area contributed by atoms with E-state index in [-0.39, 0.29) is 5.54 Å². The van der Waals surface area contributed by atoms with E-state index in [4.69, 9.17) is 0 Å². The van der Waals surface area contributed by atoms with Gasteiger partial charge in [-0.1, -0.05) is 45.0 Å². The molecular weight excluding hydrogens is 302 g/mol. The average molecular weight is 333 g/mol. The molecule has 4 rings (SSSR count). The van der Waals surface area contributed by atoms with Gasteiger partial charge in [0.05, 0.1) is 0 Å². The predicted molar refractivity (Wildman–Crippen MR) is 105 cm³/mol. The van der Waals surface area contributed by atoms with Crippen LogP contribution in [0.5, 0.6) is 0 Å². The molecular formula is C24H30N+. The lowest BCUT2D eigenvalue weighted by Gasteiger charge is -2.29. The maximum atomic E-state index is 4.53. The van der Waals surface area contributed by atoms with Crippen LogP contribution in [0.4, 0.5) is 0 Å². The number of rotatable bonds is 4. The Hall–Kier alpha value is -1.89. The number of nitrogens with zero attached hydrogens (tertiary/aromatic N) is 1. The molecule has 0 spiro atoms. The molecule has 1 heteroatoms. The lowest BCUT2D eigenvalue weighted by Crippen LogP contribution is -2.59. The van der Waals surface area contributed by atoms with Crippen molar-refractivity contribution in [1.29, 1.82) is 0 Å². The highest BCUT2D eigenvalue weighted by Crippen LogP contribution is 2.40. The van der Waals surface area contributed by atoms with Crippen LogP contribution in [-0.2, 0) is 31.2 Å². The first-order valence-electron chi connectivity index (χ1n) is 9.99. The average Bonchev–Trinajstić information content (AvgIpc) is 2.74.